The number of hydrogen-bond donors (Lipinski definition) is 2. The van der Waals surface area contributed by atoms with Crippen LogP contribution in [0.1, 0.15) is 56.8 Å². The third-order valence-electron chi connectivity index (χ3n) is 7.34. The smallest absolute Gasteiger partial charge is 0.407 e. The molecule has 1 aliphatic rings. The summed E-state index contributed by atoms with van der Waals surface area (Å²) in [5, 5.41) is 13.6. The highest BCUT2D eigenvalue weighted by atomic mass is 16.5. The van der Waals surface area contributed by atoms with Gasteiger partial charge in [0.25, 0.3) is 5.91 Å². The number of nitrogens with zero attached hydrogens (tertiary/aromatic N) is 2. The van der Waals surface area contributed by atoms with Gasteiger partial charge in [-0.3, -0.25) is 4.79 Å². The van der Waals surface area contributed by atoms with Gasteiger partial charge in [-0.15, -0.1) is 0 Å². The standard InChI is InChI=1S/C30H37N3O4/c1-30(2,3)33(29(35)36)19-21-15-13-20(14-16-21)18-31-28(34)24-17-26(23-10-6-8-12-27(23)37-4)32-25-11-7-5-9-22(24)25/h5-12,17,20-21H,13-16,18-19H2,1-4H3,(H,31,34)(H,35,36)/t20-,21-. The number of carboxylic acid groups (broad SMARTS) is 1. The maximum atomic E-state index is 13.4. The molecule has 0 spiro atoms. The van der Waals surface area contributed by atoms with Gasteiger partial charge < -0.3 is 20.1 Å². The summed E-state index contributed by atoms with van der Waals surface area (Å²) >= 11 is 0. The Balaban J connectivity index is 1.44. The van der Waals surface area contributed by atoms with Gasteiger partial charge in [-0.1, -0.05) is 30.3 Å². The van der Waals surface area contributed by atoms with Crippen molar-refractivity contribution in [3.63, 3.8) is 0 Å². The van der Waals surface area contributed by atoms with E-state index < -0.39 is 11.6 Å². The van der Waals surface area contributed by atoms with Crippen LogP contribution in [0.25, 0.3) is 22.2 Å². The zero-order chi connectivity index (χ0) is 26.6. The number of methoxy groups -OCH3 is 1. The Hall–Kier alpha value is -3.61. The van der Waals surface area contributed by atoms with Crippen molar-refractivity contribution in [3.05, 3.63) is 60.2 Å². The molecule has 1 fully saturated rings. The lowest BCUT2D eigenvalue weighted by molar-refractivity contribution is 0.0786. The summed E-state index contributed by atoms with van der Waals surface area (Å²) in [5.41, 5.74) is 2.49. The Kier molecular flexibility index (Phi) is 8.00. The van der Waals surface area contributed by atoms with E-state index in [9.17, 15) is 14.7 Å². The number of aromatic nitrogens is 1. The fourth-order valence-corrected chi connectivity index (χ4v) is 5.21. The summed E-state index contributed by atoms with van der Waals surface area (Å²) < 4.78 is 5.53. The summed E-state index contributed by atoms with van der Waals surface area (Å²) in [5.74, 6) is 1.34. The first-order valence-corrected chi connectivity index (χ1v) is 13.0. The van der Waals surface area contributed by atoms with Crippen LogP contribution in [-0.4, -0.2) is 52.7 Å². The van der Waals surface area contributed by atoms with Crippen molar-refractivity contribution in [1.29, 1.82) is 0 Å². The van der Waals surface area contributed by atoms with Gasteiger partial charge in [-0.05, 0) is 82.6 Å². The van der Waals surface area contributed by atoms with E-state index in [1.807, 2.05) is 75.4 Å². The highest BCUT2D eigenvalue weighted by Gasteiger charge is 2.31. The fourth-order valence-electron chi connectivity index (χ4n) is 5.21. The van der Waals surface area contributed by atoms with Crippen LogP contribution in [0.15, 0.2) is 54.6 Å². The van der Waals surface area contributed by atoms with Crippen LogP contribution in [0.5, 0.6) is 5.75 Å². The number of para-hydroxylation sites is 2. The Labute approximate surface area is 218 Å². The number of carbonyl (C=O) groups is 2. The van der Waals surface area contributed by atoms with Crippen LogP contribution < -0.4 is 10.1 Å². The van der Waals surface area contributed by atoms with Crippen LogP contribution in [-0.2, 0) is 0 Å². The van der Waals surface area contributed by atoms with Gasteiger partial charge in [-0.2, -0.15) is 0 Å². The summed E-state index contributed by atoms with van der Waals surface area (Å²) in [6.45, 7) is 6.97. The van der Waals surface area contributed by atoms with Crippen LogP contribution in [0.2, 0.25) is 0 Å². The normalized spacial score (nSPS) is 17.8. The molecule has 0 unspecified atom stereocenters. The molecule has 2 N–H and O–H groups in total. The topological polar surface area (TPSA) is 91.8 Å². The van der Waals surface area contributed by atoms with Crippen molar-refractivity contribution in [2.45, 2.75) is 52.0 Å². The minimum Gasteiger partial charge on any atom is -0.496 e. The Bertz CT molecular complexity index is 1260. The molecule has 7 nitrogen and oxygen atoms in total. The average Bonchev–Trinajstić information content (AvgIpc) is 2.89. The highest BCUT2D eigenvalue weighted by Crippen LogP contribution is 2.32. The number of fused-ring (bicyclic) bond motifs is 1. The molecule has 0 saturated heterocycles. The largest absolute Gasteiger partial charge is 0.496 e. The Morgan fingerprint density at radius 2 is 1.68 bits per heavy atom. The molecular formula is C30H37N3O4. The predicted octanol–water partition coefficient (Wildman–Crippen LogP) is 6.23. The molecule has 7 heteroatoms. The lowest BCUT2D eigenvalue weighted by atomic mass is 9.81. The van der Waals surface area contributed by atoms with Crippen molar-refractivity contribution in [2.24, 2.45) is 11.8 Å². The lowest BCUT2D eigenvalue weighted by Crippen LogP contribution is -2.47. The van der Waals surface area contributed by atoms with Gasteiger partial charge in [0.05, 0.1) is 23.9 Å². The molecule has 37 heavy (non-hydrogen) atoms. The van der Waals surface area contributed by atoms with E-state index in [2.05, 4.69) is 5.32 Å². The van der Waals surface area contributed by atoms with Gasteiger partial charge in [0.15, 0.2) is 0 Å². The summed E-state index contributed by atoms with van der Waals surface area (Å²) in [7, 11) is 1.63. The van der Waals surface area contributed by atoms with E-state index in [4.69, 9.17) is 9.72 Å². The minimum absolute atomic E-state index is 0.110. The third-order valence-corrected chi connectivity index (χ3v) is 7.34. The summed E-state index contributed by atoms with van der Waals surface area (Å²) in [4.78, 5) is 31.5. The molecule has 3 aromatic rings. The van der Waals surface area contributed by atoms with Crippen LogP contribution >= 0.6 is 0 Å². The van der Waals surface area contributed by atoms with Crippen molar-refractivity contribution in [2.75, 3.05) is 20.2 Å². The molecule has 0 bridgehead atoms. The van der Waals surface area contributed by atoms with E-state index in [0.29, 0.717) is 41.9 Å². The molecule has 2 aromatic carbocycles. The first-order valence-electron chi connectivity index (χ1n) is 13.0. The zero-order valence-electron chi connectivity index (χ0n) is 22.2. The Morgan fingerprint density at radius 3 is 2.35 bits per heavy atom. The molecule has 0 aliphatic heterocycles. The Morgan fingerprint density at radius 1 is 1.03 bits per heavy atom. The van der Waals surface area contributed by atoms with Crippen molar-refractivity contribution in [3.8, 4) is 17.0 Å². The number of hydrogen-bond acceptors (Lipinski definition) is 4. The molecule has 0 atom stereocenters. The third kappa shape index (κ3) is 6.21. The minimum atomic E-state index is -0.862. The monoisotopic (exact) mass is 503 g/mol. The van der Waals surface area contributed by atoms with Crippen LogP contribution in [0, 0.1) is 11.8 Å². The van der Waals surface area contributed by atoms with Crippen LogP contribution in [0.4, 0.5) is 4.79 Å². The van der Waals surface area contributed by atoms with E-state index in [0.717, 1.165) is 42.1 Å². The number of rotatable bonds is 7. The second-order valence-electron chi connectivity index (χ2n) is 10.9. The number of carbonyl (C=O) groups excluding carboxylic acids is 1. The zero-order valence-corrected chi connectivity index (χ0v) is 22.2. The van der Waals surface area contributed by atoms with Gasteiger partial charge in [0.2, 0.25) is 0 Å². The van der Waals surface area contributed by atoms with Gasteiger partial charge in [0, 0.05) is 29.6 Å². The molecule has 4 rings (SSSR count). The van der Waals surface area contributed by atoms with Gasteiger partial charge in [0.1, 0.15) is 5.75 Å². The number of benzene rings is 2. The lowest BCUT2D eigenvalue weighted by Gasteiger charge is -2.38. The number of nitrogens with one attached hydrogen (secondary N) is 1. The molecular weight excluding hydrogens is 466 g/mol. The van der Waals surface area contributed by atoms with E-state index in [-0.39, 0.29) is 5.91 Å². The molecule has 2 amide bonds. The van der Waals surface area contributed by atoms with Gasteiger partial charge >= 0.3 is 6.09 Å². The van der Waals surface area contributed by atoms with Crippen LogP contribution in [0.3, 0.4) is 0 Å². The number of ether oxygens (including phenoxy) is 1. The van der Waals surface area contributed by atoms with Crippen molar-refractivity contribution < 1.29 is 19.4 Å². The molecule has 1 heterocycles. The van der Waals surface area contributed by atoms with E-state index >= 15 is 0 Å². The van der Waals surface area contributed by atoms with Crippen molar-refractivity contribution >= 4 is 22.9 Å². The van der Waals surface area contributed by atoms with Crippen molar-refractivity contribution in [1.82, 2.24) is 15.2 Å². The first kappa shape index (κ1) is 26.5. The van der Waals surface area contributed by atoms with E-state index in [1.54, 1.807) is 12.0 Å². The molecule has 1 aromatic heterocycles. The maximum absolute atomic E-state index is 13.4. The first-order chi connectivity index (χ1) is 17.7. The predicted molar refractivity (Wildman–Crippen MR) is 146 cm³/mol. The van der Waals surface area contributed by atoms with Gasteiger partial charge in [-0.25, -0.2) is 9.78 Å². The second kappa shape index (κ2) is 11.2. The second-order valence-corrected chi connectivity index (χ2v) is 10.9. The molecule has 196 valence electrons. The maximum Gasteiger partial charge on any atom is 0.407 e. The average molecular weight is 504 g/mol. The van der Waals surface area contributed by atoms with E-state index in [1.165, 1.54) is 0 Å². The molecule has 1 saturated carbocycles. The number of pyridine rings is 1. The fraction of sp³-hybridized carbons (Fsp3) is 0.433. The summed E-state index contributed by atoms with van der Waals surface area (Å²) in [6.07, 6.45) is 3.03. The molecule has 1 aliphatic carbocycles. The SMILES string of the molecule is COc1ccccc1-c1cc(C(=O)NC[C@H]2CC[C@H](CN(C(=O)O)C(C)(C)C)CC2)c2ccccc2n1. The summed E-state index contributed by atoms with van der Waals surface area (Å²) in [6, 6.07) is 17.2. The number of amides is 2. The quantitative estimate of drug-likeness (QED) is 0.399. The highest BCUT2D eigenvalue weighted by molar-refractivity contribution is 6.07. The molecule has 0 radical (unpaired) electrons.